The molecule has 0 radical (unpaired) electrons. The Balaban J connectivity index is 2.80. The molecule has 0 fully saturated rings. The second kappa shape index (κ2) is 5.44. The van der Waals surface area contributed by atoms with Crippen LogP contribution in [-0.2, 0) is 6.54 Å². The summed E-state index contributed by atoms with van der Waals surface area (Å²) in [6.07, 6.45) is 0. The second-order valence-electron chi connectivity index (χ2n) is 3.17. The maximum Gasteiger partial charge on any atom is 0.441 e. The first-order valence-electron chi connectivity index (χ1n) is 4.66. The highest BCUT2D eigenvalue weighted by Crippen LogP contribution is 2.30. The van der Waals surface area contributed by atoms with E-state index in [-0.39, 0.29) is 30.1 Å². The standard InChI is InChI=1S/C9H11F3N2O2S/c1-6-5-7(15)14(8(13-6)16-2)3-4-17-9(10,11)12/h5H,3-4H2,1-2H3. The van der Waals surface area contributed by atoms with E-state index in [0.29, 0.717) is 5.69 Å². The molecule has 0 aliphatic rings. The van der Waals surface area contributed by atoms with Crippen LogP contribution in [0.15, 0.2) is 10.9 Å². The third-order valence-electron chi connectivity index (χ3n) is 1.86. The second-order valence-corrected chi connectivity index (χ2v) is 4.33. The van der Waals surface area contributed by atoms with Gasteiger partial charge in [-0.05, 0) is 18.7 Å². The van der Waals surface area contributed by atoms with Gasteiger partial charge in [-0.2, -0.15) is 13.2 Å². The van der Waals surface area contributed by atoms with Crippen molar-refractivity contribution in [2.75, 3.05) is 12.9 Å². The normalized spacial score (nSPS) is 11.6. The van der Waals surface area contributed by atoms with Gasteiger partial charge in [0.1, 0.15) is 0 Å². The molecule has 0 saturated heterocycles. The number of alkyl halides is 3. The Morgan fingerprint density at radius 2 is 2.18 bits per heavy atom. The zero-order valence-corrected chi connectivity index (χ0v) is 10.1. The molecule has 1 heterocycles. The van der Waals surface area contributed by atoms with Crippen LogP contribution in [0.4, 0.5) is 13.2 Å². The fraction of sp³-hybridized carbons (Fsp3) is 0.556. The minimum Gasteiger partial charge on any atom is -0.468 e. The number of aryl methyl sites for hydroxylation is 1. The van der Waals surface area contributed by atoms with Gasteiger partial charge < -0.3 is 4.74 Å². The van der Waals surface area contributed by atoms with Crippen molar-refractivity contribution in [3.8, 4) is 6.01 Å². The van der Waals surface area contributed by atoms with Crippen molar-refractivity contribution in [2.45, 2.75) is 19.0 Å². The summed E-state index contributed by atoms with van der Waals surface area (Å²) in [5, 5.41) is 0. The lowest BCUT2D eigenvalue weighted by atomic mass is 10.4. The summed E-state index contributed by atoms with van der Waals surface area (Å²) < 4.78 is 41.7. The van der Waals surface area contributed by atoms with Crippen molar-refractivity contribution >= 4 is 11.8 Å². The number of methoxy groups -OCH3 is 1. The predicted molar refractivity (Wildman–Crippen MR) is 58.3 cm³/mol. The Bertz CT molecular complexity index is 445. The van der Waals surface area contributed by atoms with Gasteiger partial charge in [-0.15, -0.1) is 0 Å². The molecule has 0 atom stereocenters. The number of nitrogens with zero attached hydrogens (tertiary/aromatic N) is 2. The largest absolute Gasteiger partial charge is 0.468 e. The van der Waals surface area contributed by atoms with E-state index in [1.807, 2.05) is 0 Å². The van der Waals surface area contributed by atoms with Crippen LogP contribution < -0.4 is 10.3 Å². The molecule has 0 unspecified atom stereocenters. The van der Waals surface area contributed by atoms with Gasteiger partial charge in [0.15, 0.2) is 0 Å². The van der Waals surface area contributed by atoms with Crippen LogP contribution in [-0.4, -0.2) is 27.9 Å². The van der Waals surface area contributed by atoms with Crippen LogP contribution in [0.25, 0.3) is 0 Å². The van der Waals surface area contributed by atoms with E-state index in [9.17, 15) is 18.0 Å². The average Bonchev–Trinajstić information content (AvgIpc) is 2.18. The lowest BCUT2D eigenvalue weighted by Gasteiger charge is -2.11. The maximum absolute atomic E-state index is 11.9. The molecule has 1 rings (SSSR count). The van der Waals surface area contributed by atoms with Gasteiger partial charge in [-0.25, -0.2) is 4.98 Å². The Labute approximate surface area is 99.8 Å². The molecular weight excluding hydrogens is 257 g/mol. The molecule has 0 aliphatic heterocycles. The summed E-state index contributed by atoms with van der Waals surface area (Å²) in [5.41, 5.74) is -4.25. The first-order valence-corrected chi connectivity index (χ1v) is 5.65. The molecule has 0 spiro atoms. The summed E-state index contributed by atoms with van der Waals surface area (Å²) in [7, 11) is 1.31. The first-order chi connectivity index (χ1) is 7.83. The number of hydrogen-bond donors (Lipinski definition) is 0. The summed E-state index contributed by atoms with van der Waals surface area (Å²) >= 11 is -0.183. The molecular formula is C9H11F3N2O2S. The number of hydrogen-bond acceptors (Lipinski definition) is 4. The lowest BCUT2D eigenvalue weighted by Crippen LogP contribution is -2.24. The highest BCUT2D eigenvalue weighted by Gasteiger charge is 2.27. The molecule has 0 amide bonds. The van der Waals surface area contributed by atoms with Crippen LogP contribution >= 0.6 is 11.8 Å². The maximum atomic E-state index is 11.9. The Kier molecular flexibility index (Phi) is 4.44. The van der Waals surface area contributed by atoms with Gasteiger partial charge in [0.25, 0.3) is 11.6 Å². The molecule has 8 heteroatoms. The van der Waals surface area contributed by atoms with Gasteiger partial charge in [-0.1, -0.05) is 0 Å². The highest BCUT2D eigenvalue weighted by atomic mass is 32.2. The average molecular weight is 268 g/mol. The third kappa shape index (κ3) is 4.29. The fourth-order valence-corrected chi connectivity index (χ4v) is 1.71. The van der Waals surface area contributed by atoms with Gasteiger partial charge in [0, 0.05) is 24.1 Å². The summed E-state index contributed by atoms with van der Waals surface area (Å²) in [6, 6.07) is 1.28. The van der Waals surface area contributed by atoms with E-state index in [4.69, 9.17) is 4.74 Å². The molecule has 96 valence electrons. The zero-order chi connectivity index (χ0) is 13.1. The summed E-state index contributed by atoms with van der Waals surface area (Å²) in [6.45, 7) is 1.51. The minimum absolute atomic E-state index is 0.0257. The van der Waals surface area contributed by atoms with E-state index in [1.54, 1.807) is 6.92 Å². The summed E-state index contributed by atoms with van der Waals surface area (Å²) in [4.78, 5) is 15.4. The number of thioether (sulfide) groups is 1. The van der Waals surface area contributed by atoms with Crippen LogP contribution in [0.1, 0.15) is 5.69 Å². The van der Waals surface area contributed by atoms with Crippen molar-refractivity contribution in [1.82, 2.24) is 9.55 Å². The zero-order valence-electron chi connectivity index (χ0n) is 9.24. The van der Waals surface area contributed by atoms with E-state index in [1.165, 1.54) is 13.2 Å². The Morgan fingerprint density at radius 1 is 1.53 bits per heavy atom. The van der Waals surface area contributed by atoms with Crippen molar-refractivity contribution in [1.29, 1.82) is 0 Å². The molecule has 1 aromatic rings. The molecule has 4 nitrogen and oxygen atoms in total. The molecule has 0 aliphatic carbocycles. The van der Waals surface area contributed by atoms with Crippen molar-refractivity contribution in [3.05, 3.63) is 22.1 Å². The van der Waals surface area contributed by atoms with Crippen molar-refractivity contribution < 1.29 is 17.9 Å². The molecule has 0 bridgehead atoms. The van der Waals surface area contributed by atoms with E-state index >= 15 is 0 Å². The highest BCUT2D eigenvalue weighted by molar-refractivity contribution is 8.00. The van der Waals surface area contributed by atoms with E-state index in [0.717, 1.165) is 4.57 Å². The van der Waals surface area contributed by atoms with E-state index < -0.39 is 11.1 Å². The van der Waals surface area contributed by atoms with Crippen LogP contribution in [0.2, 0.25) is 0 Å². The van der Waals surface area contributed by atoms with Gasteiger partial charge in [-0.3, -0.25) is 9.36 Å². The fourth-order valence-electron chi connectivity index (χ4n) is 1.21. The van der Waals surface area contributed by atoms with Gasteiger partial charge in [0.05, 0.1) is 7.11 Å². The molecule has 0 aromatic carbocycles. The SMILES string of the molecule is COc1nc(C)cc(=O)n1CCSC(F)(F)F. The first kappa shape index (κ1) is 13.9. The topological polar surface area (TPSA) is 44.1 Å². The van der Waals surface area contributed by atoms with Gasteiger partial charge in [0.2, 0.25) is 0 Å². The molecule has 17 heavy (non-hydrogen) atoms. The third-order valence-corrected chi connectivity index (χ3v) is 2.58. The van der Waals surface area contributed by atoms with Crippen molar-refractivity contribution in [3.63, 3.8) is 0 Å². The smallest absolute Gasteiger partial charge is 0.441 e. The molecule has 0 saturated carbocycles. The summed E-state index contributed by atoms with van der Waals surface area (Å²) in [5.74, 6) is -0.259. The van der Waals surface area contributed by atoms with E-state index in [2.05, 4.69) is 4.98 Å². The van der Waals surface area contributed by atoms with Gasteiger partial charge >= 0.3 is 5.51 Å². The lowest BCUT2D eigenvalue weighted by molar-refractivity contribution is -0.0328. The minimum atomic E-state index is -4.30. The number of ether oxygens (including phenoxy) is 1. The quantitative estimate of drug-likeness (QED) is 0.835. The van der Waals surface area contributed by atoms with Crippen LogP contribution in [0.3, 0.4) is 0 Å². The van der Waals surface area contributed by atoms with Crippen LogP contribution in [0, 0.1) is 6.92 Å². The Morgan fingerprint density at radius 3 is 2.71 bits per heavy atom. The number of aromatic nitrogens is 2. The van der Waals surface area contributed by atoms with Crippen LogP contribution in [0.5, 0.6) is 6.01 Å². The predicted octanol–water partition coefficient (Wildman–Crippen LogP) is 1.81. The van der Waals surface area contributed by atoms with Crippen molar-refractivity contribution in [2.24, 2.45) is 0 Å². The Hall–Kier alpha value is -1.18. The monoisotopic (exact) mass is 268 g/mol. The molecule has 0 N–H and O–H groups in total. The number of halogens is 3. The number of rotatable bonds is 4. The molecule has 1 aromatic heterocycles.